The molecule has 0 spiro atoms. The van der Waals surface area contributed by atoms with Crippen LogP contribution >= 0.6 is 11.6 Å². The van der Waals surface area contributed by atoms with E-state index in [1.54, 1.807) is 0 Å². The molecule has 0 saturated heterocycles. The lowest BCUT2D eigenvalue weighted by Crippen LogP contribution is -2.35. The Labute approximate surface area is 146 Å². The topological polar surface area (TPSA) is 53.5 Å². The van der Waals surface area contributed by atoms with Crippen LogP contribution in [0.3, 0.4) is 0 Å². The van der Waals surface area contributed by atoms with Gasteiger partial charge in [0, 0.05) is 10.7 Å². The van der Waals surface area contributed by atoms with Crippen molar-refractivity contribution >= 4 is 28.9 Å². The van der Waals surface area contributed by atoms with E-state index in [0.29, 0.717) is 5.02 Å². The summed E-state index contributed by atoms with van der Waals surface area (Å²) in [6.45, 7) is 4.10. The highest BCUT2D eigenvalue weighted by Crippen LogP contribution is 2.32. The van der Waals surface area contributed by atoms with E-state index in [4.69, 9.17) is 11.6 Å². The van der Waals surface area contributed by atoms with Gasteiger partial charge < -0.3 is 10.7 Å². The second-order valence-electron chi connectivity index (χ2n) is 6.18. The molecule has 2 atom stereocenters. The predicted octanol–water partition coefficient (Wildman–Crippen LogP) is 4.25. The molecule has 5 heteroatoms. The van der Waals surface area contributed by atoms with Crippen LogP contribution in [0.5, 0.6) is 0 Å². The van der Waals surface area contributed by atoms with Gasteiger partial charge in [-0.25, -0.2) is 0 Å². The average molecular weight is 342 g/mol. The van der Waals surface area contributed by atoms with Crippen LogP contribution in [0.15, 0.2) is 59.7 Å². The molecule has 1 aliphatic rings. The number of amides is 1. The average Bonchev–Trinajstić information content (AvgIpc) is 3.02. The first kappa shape index (κ1) is 16.5. The highest BCUT2D eigenvalue weighted by molar-refractivity contribution is 6.30. The Morgan fingerprint density at radius 3 is 2.42 bits per heavy atom. The van der Waals surface area contributed by atoms with Crippen molar-refractivity contribution in [3.63, 3.8) is 0 Å². The van der Waals surface area contributed by atoms with E-state index < -0.39 is 0 Å². The molecular formula is C19H20ClN3O. The number of carbonyl (C=O) groups excluding carboxylic acids is 1. The zero-order valence-electron chi connectivity index (χ0n) is 13.7. The summed E-state index contributed by atoms with van der Waals surface area (Å²) in [6, 6.07) is 16.8. The Bertz CT molecular complexity index is 741. The number of nitrogens with zero attached hydrogens (tertiary/aromatic N) is 1. The van der Waals surface area contributed by atoms with Gasteiger partial charge in [-0.05, 0) is 35.7 Å². The minimum atomic E-state index is -0.355. The van der Waals surface area contributed by atoms with Crippen molar-refractivity contribution in [3.8, 4) is 0 Å². The highest BCUT2D eigenvalue weighted by atomic mass is 35.5. The Morgan fingerprint density at radius 1 is 1.12 bits per heavy atom. The molecule has 0 saturated carbocycles. The third kappa shape index (κ3) is 3.44. The summed E-state index contributed by atoms with van der Waals surface area (Å²) in [5.41, 5.74) is 5.77. The lowest BCUT2D eigenvalue weighted by atomic mass is 9.85. The molecule has 0 aromatic heterocycles. The molecule has 2 N–H and O–H groups in total. The Hall–Kier alpha value is -2.33. The maximum Gasteiger partial charge on any atom is 0.235 e. The van der Waals surface area contributed by atoms with Crippen molar-refractivity contribution in [2.24, 2.45) is 16.9 Å². The summed E-state index contributed by atoms with van der Waals surface area (Å²) in [4.78, 5) is 12.9. The molecule has 0 radical (unpaired) electrons. The second-order valence-corrected chi connectivity index (χ2v) is 6.62. The molecule has 2 aromatic rings. The number of anilines is 1. The van der Waals surface area contributed by atoms with E-state index in [2.05, 4.69) is 15.8 Å². The molecule has 24 heavy (non-hydrogen) atoms. The molecule has 2 aromatic carbocycles. The SMILES string of the molecule is CC(C)C1=NNC(c2ccc(Cl)cc2)C1C(=O)Nc1ccccc1. The number of para-hydroxylation sites is 1. The van der Waals surface area contributed by atoms with Crippen molar-refractivity contribution in [3.05, 3.63) is 65.2 Å². The number of hydrogen-bond donors (Lipinski definition) is 2. The number of rotatable bonds is 4. The molecule has 4 nitrogen and oxygen atoms in total. The minimum Gasteiger partial charge on any atom is -0.325 e. The van der Waals surface area contributed by atoms with Crippen LogP contribution in [0.1, 0.15) is 25.5 Å². The van der Waals surface area contributed by atoms with Gasteiger partial charge in [0.2, 0.25) is 5.91 Å². The molecule has 124 valence electrons. The molecule has 1 aliphatic heterocycles. The number of carbonyl (C=O) groups is 1. The number of hydrazone groups is 1. The van der Waals surface area contributed by atoms with Crippen molar-refractivity contribution in [2.75, 3.05) is 5.32 Å². The van der Waals surface area contributed by atoms with E-state index in [1.165, 1.54) is 0 Å². The minimum absolute atomic E-state index is 0.0569. The van der Waals surface area contributed by atoms with E-state index in [0.717, 1.165) is 17.0 Å². The van der Waals surface area contributed by atoms with Gasteiger partial charge in [-0.3, -0.25) is 4.79 Å². The fourth-order valence-corrected chi connectivity index (χ4v) is 3.04. The largest absolute Gasteiger partial charge is 0.325 e. The Balaban J connectivity index is 1.87. The van der Waals surface area contributed by atoms with Crippen molar-refractivity contribution in [1.29, 1.82) is 0 Å². The molecule has 2 unspecified atom stereocenters. The van der Waals surface area contributed by atoms with Crippen molar-refractivity contribution < 1.29 is 4.79 Å². The number of halogens is 1. The van der Waals surface area contributed by atoms with Gasteiger partial charge in [0.1, 0.15) is 5.92 Å². The first-order valence-electron chi connectivity index (χ1n) is 8.00. The standard InChI is InChI=1S/C19H20ClN3O/c1-12(2)17-16(19(24)21-15-6-4-3-5-7-15)18(23-22-17)13-8-10-14(20)11-9-13/h3-12,16,18,23H,1-2H3,(H,21,24). The summed E-state index contributed by atoms with van der Waals surface area (Å²) in [5, 5.41) is 8.10. The molecular weight excluding hydrogens is 322 g/mol. The third-order valence-electron chi connectivity index (χ3n) is 4.13. The van der Waals surface area contributed by atoms with Crippen LogP contribution < -0.4 is 10.7 Å². The molecule has 0 fully saturated rings. The highest BCUT2D eigenvalue weighted by Gasteiger charge is 2.39. The third-order valence-corrected chi connectivity index (χ3v) is 4.38. The van der Waals surface area contributed by atoms with Crippen LogP contribution in [0.25, 0.3) is 0 Å². The van der Waals surface area contributed by atoms with Gasteiger partial charge in [-0.15, -0.1) is 0 Å². The van der Waals surface area contributed by atoms with E-state index in [1.807, 2.05) is 68.4 Å². The second kappa shape index (κ2) is 7.05. The summed E-state index contributed by atoms with van der Waals surface area (Å²) in [6.07, 6.45) is 0. The summed E-state index contributed by atoms with van der Waals surface area (Å²) >= 11 is 5.98. The smallest absolute Gasteiger partial charge is 0.235 e. The van der Waals surface area contributed by atoms with Gasteiger partial charge >= 0.3 is 0 Å². The zero-order chi connectivity index (χ0) is 17.1. The van der Waals surface area contributed by atoms with E-state index in [9.17, 15) is 4.79 Å². The number of benzene rings is 2. The van der Waals surface area contributed by atoms with E-state index >= 15 is 0 Å². The van der Waals surface area contributed by atoms with Crippen LogP contribution in [-0.4, -0.2) is 11.6 Å². The van der Waals surface area contributed by atoms with Crippen LogP contribution in [0.2, 0.25) is 5.02 Å². The van der Waals surface area contributed by atoms with E-state index in [-0.39, 0.29) is 23.8 Å². The fourth-order valence-electron chi connectivity index (χ4n) is 2.91. The molecule has 3 rings (SSSR count). The van der Waals surface area contributed by atoms with Gasteiger partial charge in [-0.1, -0.05) is 55.8 Å². The first-order valence-corrected chi connectivity index (χ1v) is 8.38. The van der Waals surface area contributed by atoms with Crippen LogP contribution in [0, 0.1) is 11.8 Å². The summed E-state index contributed by atoms with van der Waals surface area (Å²) in [7, 11) is 0. The molecule has 0 aliphatic carbocycles. The maximum absolute atomic E-state index is 12.9. The summed E-state index contributed by atoms with van der Waals surface area (Å²) < 4.78 is 0. The quantitative estimate of drug-likeness (QED) is 0.873. The van der Waals surface area contributed by atoms with Gasteiger partial charge in [0.15, 0.2) is 0 Å². The lowest BCUT2D eigenvalue weighted by Gasteiger charge is -2.22. The Kier molecular flexibility index (Phi) is 4.86. The zero-order valence-corrected chi connectivity index (χ0v) is 14.4. The molecule has 1 heterocycles. The first-order chi connectivity index (χ1) is 11.6. The van der Waals surface area contributed by atoms with Crippen LogP contribution in [0.4, 0.5) is 5.69 Å². The van der Waals surface area contributed by atoms with Gasteiger partial charge in [0.25, 0.3) is 0 Å². The number of nitrogens with one attached hydrogen (secondary N) is 2. The molecule has 0 bridgehead atoms. The van der Waals surface area contributed by atoms with Crippen molar-refractivity contribution in [2.45, 2.75) is 19.9 Å². The predicted molar refractivity (Wildman–Crippen MR) is 98.2 cm³/mol. The monoisotopic (exact) mass is 341 g/mol. The lowest BCUT2D eigenvalue weighted by molar-refractivity contribution is -0.118. The van der Waals surface area contributed by atoms with Gasteiger partial charge in [-0.2, -0.15) is 5.10 Å². The van der Waals surface area contributed by atoms with Gasteiger partial charge in [0.05, 0.1) is 11.8 Å². The summed E-state index contributed by atoms with van der Waals surface area (Å²) in [5.74, 6) is -0.230. The molecule has 1 amide bonds. The fraction of sp³-hybridized carbons (Fsp3) is 0.263. The van der Waals surface area contributed by atoms with Crippen molar-refractivity contribution in [1.82, 2.24) is 5.43 Å². The normalized spacial score (nSPS) is 19.8. The number of hydrogen-bond acceptors (Lipinski definition) is 3. The maximum atomic E-state index is 12.9. The Morgan fingerprint density at radius 2 is 1.79 bits per heavy atom. The van der Waals surface area contributed by atoms with Crippen LogP contribution in [-0.2, 0) is 4.79 Å².